The lowest BCUT2D eigenvalue weighted by molar-refractivity contribution is 0.836. The average molecular weight is 278 g/mol. The Morgan fingerprint density at radius 1 is 0.833 bits per heavy atom. The molecule has 2 heterocycles. The summed E-state index contributed by atoms with van der Waals surface area (Å²) in [7, 11) is 0.318. The molecule has 2 heteroatoms. The molecule has 0 nitrogen and oxygen atoms in total. The standard InChI is InChI=1S/C16H24P2/c1-13-7-5-11-17(13)15-9-3-4-10-16(15)18-12-6-8-14(18)2/h3-4,9-10,13-14H,5-8,11-12H2,1-2H3/t13-,14-,17?,18?/m0/s1. The van der Waals surface area contributed by atoms with Crippen LogP contribution < -0.4 is 10.6 Å². The minimum Gasteiger partial charge on any atom is -0.0717 e. The van der Waals surface area contributed by atoms with Crippen molar-refractivity contribution in [3.8, 4) is 0 Å². The highest BCUT2D eigenvalue weighted by Crippen LogP contribution is 2.53. The lowest BCUT2D eigenvalue weighted by Gasteiger charge is -2.25. The van der Waals surface area contributed by atoms with Gasteiger partial charge in [0.25, 0.3) is 0 Å². The van der Waals surface area contributed by atoms with Crippen LogP contribution in [0.2, 0.25) is 0 Å². The molecule has 2 aliphatic heterocycles. The van der Waals surface area contributed by atoms with E-state index in [4.69, 9.17) is 0 Å². The fourth-order valence-electron chi connectivity index (χ4n) is 3.53. The SMILES string of the molecule is C[C@H]1CCCP1c1ccccc1P1CCC[C@@H]1C. The summed E-state index contributed by atoms with van der Waals surface area (Å²) in [5.74, 6) is 0. The molecule has 0 saturated carbocycles. The van der Waals surface area contributed by atoms with E-state index in [1.807, 2.05) is 0 Å². The van der Waals surface area contributed by atoms with Gasteiger partial charge in [0.1, 0.15) is 0 Å². The maximum Gasteiger partial charge on any atom is -0.0161 e. The Balaban J connectivity index is 1.94. The fourth-order valence-corrected chi connectivity index (χ4v) is 9.94. The van der Waals surface area contributed by atoms with Crippen molar-refractivity contribution in [2.24, 2.45) is 0 Å². The minimum absolute atomic E-state index is 0.159. The smallest absolute Gasteiger partial charge is 0.0161 e. The highest BCUT2D eigenvalue weighted by atomic mass is 31.1. The zero-order valence-corrected chi connectivity index (χ0v) is 13.4. The average Bonchev–Trinajstić information content (AvgIpc) is 2.98. The zero-order chi connectivity index (χ0) is 12.5. The van der Waals surface area contributed by atoms with Crippen molar-refractivity contribution < 1.29 is 0 Å². The summed E-state index contributed by atoms with van der Waals surface area (Å²) in [6.45, 7) is 4.97. The van der Waals surface area contributed by atoms with E-state index >= 15 is 0 Å². The molecule has 2 fully saturated rings. The van der Waals surface area contributed by atoms with E-state index in [0.717, 1.165) is 11.3 Å². The van der Waals surface area contributed by atoms with E-state index in [0.29, 0.717) is 0 Å². The lowest BCUT2D eigenvalue weighted by atomic mass is 10.3. The van der Waals surface area contributed by atoms with Gasteiger partial charge in [-0.25, -0.2) is 0 Å². The quantitative estimate of drug-likeness (QED) is 0.709. The molecular formula is C16H24P2. The predicted molar refractivity (Wildman–Crippen MR) is 86.7 cm³/mol. The summed E-state index contributed by atoms with van der Waals surface area (Å²) in [6, 6.07) is 9.50. The van der Waals surface area contributed by atoms with Crippen molar-refractivity contribution >= 4 is 26.5 Å². The summed E-state index contributed by atoms with van der Waals surface area (Å²) in [5, 5.41) is 3.58. The molecule has 1 aromatic carbocycles. The van der Waals surface area contributed by atoms with Crippen LogP contribution in [0.15, 0.2) is 24.3 Å². The van der Waals surface area contributed by atoms with Gasteiger partial charge in [0.2, 0.25) is 0 Å². The van der Waals surface area contributed by atoms with E-state index in [2.05, 4.69) is 38.1 Å². The van der Waals surface area contributed by atoms with Gasteiger partial charge in [-0.15, -0.1) is 0 Å². The molecular weight excluding hydrogens is 254 g/mol. The molecule has 1 aromatic rings. The second kappa shape index (κ2) is 5.60. The second-order valence-corrected chi connectivity index (χ2v) is 11.4. The summed E-state index contributed by atoms with van der Waals surface area (Å²) in [6.07, 6.45) is 8.85. The predicted octanol–water partition coefficient (Wildman–Crippen LogP) is 4.27. The van der Waals surface area contributed by atoms with Crippen molar-refractivity contribution in [3.63, 3.8) is 0 Å². The lowest BCUT2D eigenvalue weighted by Crippen LogP contribution is -2.25. The number of rotatable bonds is 2. The largest absolute Gasteiger partial charge is 0.0717 e. The Kier molecular flexibility index (Phi) is 4.07. The summed E-state index contributed by atoms with van der Waals surface area (Å²) < 4.78 is 0. The molecule has 3 rings (SSSR count). The van der Waals surface area contributed by atoms with Gasteiger partial charge >= 0.3 is 0 Å². The van der Waals surface area contributed by atoms with Gasteiger partial charge in [-0.3, -0.25) is 0 Å². The Bertz CT molecular complexity index is 376. The first-order valence-corrected chi connectivity index (χ1v) is 10.6. The topological polar surface area (TPSA) is 0 Å². The van der Waals surface area contributed by atoms with Crippen LogP contribution in [0.3, 0.4) is 0 Å². The fraction of sp³-hybridized carbons (Fsp3) is 0.625. The summed E-state index contributed by atoms with van der Waals surface area (Å²) in [5.41, 5.74) is 1.93. The highest BCUT2D eigenvalue weighted by molar-refractivity contribution is 7.72. The van der Waals surface area contributed by atoms with Gasteiger partial charge < -0.3 is 0 Å². The third-order valence-corrected chi connectivity index (χ3v) is 11.0. The number of hydrogen-bond acceptors (Lipinski definition) is 0. The normalized spacial score (nSPS) is 36.1. The van der Waals surface area contributed by atoms with E-state index in [-0.39, 0.29) is 15.8 Å². The van der Waals surface area contributed by atoms with E-state index in [1.165, 1.54) is 38.0 Å². The number of hydrogen-bond donors (Lipinski definition) is 0. The van der Waals surface area contributed by atoms with Gasteiger partial charge in [0, 0.05) is 0 Å². The van der Waals surface area contributed by atoms with Crippen molar-refractivity contribution in [2.45, 2.75) is 50.8 Å². The van der Waals surface area contributed by atoms with Crippen molar-refractivity contribution in [1.29, 1.82) is 0 Å². The zero-order valence-electron chi connectivity index (χ0n) is 11.6. The molecule has 2 unspecified atom stereocenters. The van der Waals surface area contributed by atoms with Crippen LogP contribution >= 0.6 is 15.8 Å². The Morgan fingerprint density at radius 3 is 1.61 bits per heavy atom. The molecule has 0 amide bonds. The summed E-state index contributed by atoms with van der Waals surface area (Å²) in [4.78, 5) is 0. The summed E-state index contributed by atoms with van der Waals surface area (Å²) >= 11 is 0. The van der Waals surface area contributed by atoms with Crippen LogP contribution in [-0.2, 0) is 0 Å². The maximum absolute atomic E-state index is 2.49. The molecule has 0 radical (unpaired) electrons. The molecule has 0 aromatic heterocycles. The third kappa shape index (κ3) is 2.39. The van der Waals surface area contributed by atoms with Crippen LogP contribution in [0.5, 0.6) is 0 Å². The molecule has 4 atom stereocenters. The molecule has 0 aliphatic carbocycles. The Hall–Kier alpha value is 0.0800. The monoisotopic (exact) mass is 278 g/mol. The van der Waals surface area contributed by atoms with Crippen molar-refractivity contribution in [3.05, 3.63) is 24.3 Å². The van der Waals surface area contributed by atoms with E-state index in [1.54, 1.807) is 10.6 Å². The van der Waals surface area contributed by atoms with Gasteiger partial charge in [0.05, 0.1) is 0 Å². The molecule has 2 saturated heterocycles. The first kappa shape index (κ1) is 13.1. The molecule has 0 bridgehead atoms. The maximum atomic E-state index is 2.49. The number of benzene rings is 1. The van der Waals surface area contributed by atoms with Crippen LogP contribution in [-0.4, -0.2) is 23.6 Å². The van der Waals surface area contributed by atoms with Gasteiger partial charge in [-0.2, -0.15) is 0 Å². The van der Waals surface area contributed by atoms with Crippen LogP contribution in [0.1, 0.15) is 39.5 Å². The first-order chi connectivity index (χ1) is 8.77. The molecule has 0 N–H and O–H groups in total. The van der Waals surface area contributed by atoms with Crippen LogP contribution in [0, 0.1) is 0 Å². The Labute approximate surface area is 114 Å². The molecule has 98 valence electrons. The van der Waals surface area contributed by atoms with Gasteiger partial charge in [-0.1, -0.05) is 54.0 Å². The van der Waals surface area contributed by atoms with Gasteiger partial charge in [0.15, 0.2) is 0 Å². The highest BCUT2D eigenvalue weighted by Gasteiger charge is 2.31. The van der Waals surface area contributed by atoms with Gasteiger partial charge in [-0.05, 0) is 59.9 Å². The van der Waals surface area contributed by atoms with E-state index < -0.39 is 0 Å². The Morgan fingerprint density at radius 2 is 1.28 bits per heavy atom. The molecule has 18 heavy (non-hydrogen) atoms. The van der Waals surface area contributed by atoms with Crippen molar-refractivity contribution in [1.82, 2.24) is 0 Å². The first-order valence-electron chi connectivity index (χ1n) is 7.39. The van der Waals surface area contributed by atoms with E-state index in [9.17, 15) is 0 Å². The minimum atomic E-state index is 0.159. The second-order valence-electron chi connectivity index (χ2n) is 5.86. The molecule has 0 spiro atoms. The van der Waals surface area contributed by atoms with Crippen LogP contribution in [0.4, 0.5) is 0 Å². The van der Waals surface area contributed by atoms with Crippen molar-refractivity contribution in [2.75, 3.05) is 12.3 Å². The molecule has 2 aliphatic rings. The van der Waals surface area contributed by atoms with Crippen LogP contribution in [0.25, 0.3) is 0 Å². The third-order valence-electron chi connectivity index (χ3n) is 4.61.